The van der Waals surface area contributed by atoms with Crippen LogP contribution in [0.5, 0.6) is 0 Å². The molecule has 3 aromatic rings. The maximum Gasteiger partial charge on any atom is 0.272 e. The molecule has 0 N–H and O–H groups in total. The Labute approximate surface area is 151 Å². The molecule has 0 atom stereocenters. The van der Waals surface area contributed by atoms with Crippen LogP contribution in [0.15, 0.2) is 28.9 Å². The monoisotopic (exact) mass is 354 g/mol. The van der Waals surface area contributed by atoms with Crippen LogP contribution in [-0.2, 0) is 14.1 Å². The number of aryl methyl sites for hydroxylation is 3. The van der Waals surface area contributed by atoms with E-state index in [0.717, 1.165) is 24.2 Å². The molecule has 8 heteroatoms. The van der Waals surface area contributed by atoms with Gasteiger partial charge in [0.1, 0.15) is 5.69 Å². The molecule has 0 saturated carbocycles. The average molecular weight is 354 g/mol. The highest BCUT2D eigenvalue weighted by Crippen LogP contribution is 2.29. The number of carbonyl (C=O) groups is 1. The summed E-state index contributed by atoms with van der Waals surface area (Å²) in [6.45, 7) is 3.24. The van der Waals surface area contributed by atoms with E-state index in [4.69, 9.17) is 4.52 Å². The Balaban J connectivity index is 1.42. The van der Waals surface area contributed by atoms with Crippen LogP contribution in [0, 0.1) is 6.92 Å². The van der Waals surface area contributed by atoms with Gasteiger partial charge < -0.3 is 14.0 Å². The second kappa shape index (κ2) is 6.44. The molecule has 4 heterocycles. The fourth-order valence-corrected chi connectivity index (χ4v) is 3.50. The van der Waals surface area contributed by atoms with Gasteiger partial charge in [-0.25, -0.2) is 0 Å². The first-order valence-corrected chi connectivity index (χ1v) is 8.78. The number of rotatable bonds is 3. The Bertz CT molecular complexity index is 929. The minimum absolute atomic E-state index is 0.0292. The highest BCUT2D eigenvalue weighted by Gasteiger charge is 2.29. The number of likely N-dealkylation sites (tertiary alicyclic amines) is 1. The van der Waals surface area contributed by atoms with Gasteiger partial charge >= 0.3 is 0 Å². The van der Waals surface area contributed by atoms with Gasteiger partial charge in [0, 0.05) is 39.3 Å². The molecule has 8 nitrogen and oxygen atoms in total. The molecule has 0 spiro atoms. The standard InChI is InChI=1S/C18H22N6O2/c1-12-11-15(23(3)20-12)18(25)24-9-6-13(7-10-24)17-19-16(21-26-17)14-5-4-8-22(14)2/h4-5,8,11,13H,6-7,9-10H2,1-3H3. The smallest absolute Gasteiger partial charge is 0.272 e. The molecule has 0 aliphatic carbocycles. The number of carbonyl (C=O) groups excluding carboxylic acids is 1. The van der Waals surface area contributed by atoms with Crippen LogP contribution in [0.4, 0.5) is 0 Å². The summed E-state index contributed by atoms with van der Waals surface area (Å²) >= 11 is 0. The van der Waals surface area contributed by atoms with Gasteiger partial charge in [0.15, 0.2) is 0 Å². The van der Waals surface area contributed by atoms with Crippen LogP contribution < -0.4 is 0 Å². The number of piperidine rings is 1. The maximum absolute atomic E-state index is 12.7. The van der Waals surface area contributed by atoms with Gasteiger partial charge in [-0.05, 0) is 38.0 Å². The third-order valence-corrected chi connectivity index (χ3v) is 4.97. The molecule has 1 amide bonds. The van der Waals surface area contributed by atoms with Crippen molar-refractivity contribution in [2.75, 3.05) is 13.1 Å². The van der Waals surface area contributed by atoms with Gasteiger partial charge in [-0.15, -0.1) is 0 Å². The summed E-state index contributed by atoms with van der Waals surface area (Å²) in [5.74, 6) is 1.48. The van der Waals surface area contributed by atoms with Crippen LogP contribution in [0.1, 0.15) is 40.8 Å². The molecule has 1 saturated heterocycles. The number of nitrogens with zero attached hydrogens (tertiary/aromatic N) is 6. The third kappa shape index (κ3) is 2.91. The number of amides is 1. The van der Waals surface area contributed by atoms with E-state index in [9.17, 15) is 4.79 Å². The lowest BCUT2D eigenvalue weighted by Crippen LogP contribution is -2.38. The Hall–Kier alpha value is -2.90. The first kappa shape index (κ1) is 16.6. The molecule has 0 radical (unpaired) electrons. The lowest BCUT2D eigenvalue weighted by Gasteiger charge is -2.30. The molecule has 3 aromatic heterocycles. The van der Waals surface area contributed by atoms with Crippen molar-refractivity contribution in [2.45, 2.75) is 25.7 Å². The fourth-order valence-electron chi connectivity index (χ4n) is 3.50. The van der Waals surface area contributed by atoms with Gasteiger partial charge in [-0.1, -0.05) is 5.16 Å². The van der Waals surface area contributed by atoms with Crippen LogP contribution >= 0.6 is 0 Å². The van der Waals surface area contributed by atoms with Gasteiger partial charge in [0.05, 0.1) is 11.4 Å². The van der Waals surface area contributed by atoms with Crippen LogP contribution in [0.3, 0.4) is 0 Å². The molecular formula is C18H22N6O2. The summed E-state index contributed by atoms with van der Waals surface area (Å²) in [7, 11) is 3.76. The highest BCUT2D eigenvalue weighted by molar-refractivity contribution is 5.92. The second-order valence-corrected chi connectivity index (χ2v) is 6.82. The zero-order chi connectivity index (χ0) is 18.3. The predicted octanol–water partition coefficient (Wildman–Crippen LogP) is 2.14. The molecule has 4 rings (SSSR count). The Morgan fingerprint density at radius 2 is 2.04 bits per heavy atom. The van der Waals surface area contributed by atoms with Crippen molar-refractivity contribution in [2.24, 2.45) is 14.1 Å². The van der Waals surface area contributed by atoms with Crippen molar-refractivity contribution >= 4 is 5.91 Å². The second-order valence-electron chi connectivity index (χ2n) is 6.82. The van der Waals surface area contributed by atoms with Crippen molar-refractivity contribution in [1.29, 1.82) is 0 Å². The van der Waals surface area contributed by atoms with Gasteiger partial charge in [0.2, 0.25) is 11.7 Å². The summed E-state index contributed by atoms with van der Waals surface area (Å²) in [5.41, 5.74) is 2.41. The third-order valence-electron chi connectivity index (χ3n) is 4.97. The largest absolute Gasteiger partial charge is 0.348 e. The zero-order valence-corrected chi connectivity index (χ0v) is 15.2. The van der Waals surface area contributed by atoms with E-state index in [1.54, 1.807) is 11.7 Å². The normalized spacial score (nSPS) is 15.6. The molecule has 0 bridgehead atoms. The molecule has 1 aliphatic rings. The molecular weight excluding hydrogens is 332 g/mol. The molecule has 136 valence electrons. The Kier molecular flexibility index (Phi) is 4.10. The van der Waals surface area contributed by atoms with E-state index in [2.05, 4.69) is 15.2 Å². The summed E-state index contributed by atoms with van der Waals surface area (Å²) in [6, 6.07) is 5.75. The maximum atomic E-state index is 12.7. The van der Waals surface area contributed by atoms with Crippen LogP contribution in [0.2, 0.25) is 0 Å². The van der Waals surface area contributed by atoms with Crippen molar-refractivity contribution in [3.8, 4) is 11.5 Å². The Morgan fingerprint density at radius 3 is 2.65 bits per heavy atom. The van der Waals surface area contributed by atoms with Crippen molar-refractivity contribution in [1.82, 2.24) is 29.4 Å². The van der Waals surface area contributed by atoms with E-state index in [0.29, 0.717) is 30.5 Å². The Morgan fingerprint density at radius 1 is 1.27 bits per heavy atom. The summed E-state index contributed by atoms with van der Waals surface area (Å²) in [4.78, 5) is 19.1. The first-order chi connectivity index (χ1) is 12.5. The first-order valence-electron chi connectivity index (χ1n) is 8.78. The van der Waals surface area contributed by atoms with Crippen molar-refractivity contribution in [3.05, 3.63) is 41.7 Å². The van der Waals surface area contributed by atoms with E-state index in [-0.39, 0.29) is 11.8 Å². The molecule has 26 heavy (non-hydrogen) atoms. The molecule has 0 aromatic carbocycles. The number of hydrogen-bond donors (Lipinski definition) is 0. The van der Waals surface area contributed by atoms with E-state index < -0.39 is 0 Å². The quantitative estimate of drug-likeness (QED) is 0.720. The van der Waals surface area contributed by atoms with Crippen molar-refractivity contribution in [3.63, 3.8) is 0 Å². The lowest BCUT2D eigenvalue weighted by atomic mass is 9.96. The van der Waals surface area contributed by atoms with Crippen LogP contribution in [0.25, 0.3) is 11.5 Å². The summed E-state index contributed by atoms with van der Waals surface area (Å²) < 4.78 is 9.10. The molecule has 1 fully saturated rings. The van der Waals surface area contributed by atoms with Crippen LogP contribution in [-0.4, -0.2) is 48.4 Å². The van der Waals surface area contributed by atoms with E-state index >= 15 is 0 Å². The van der Waals surface area contributed by atoms with E-state index in [1.165, 1.54) is 0 Å². The van der Waals surface area contributed by atoms with E-state index in [1.807, 2.05) is 47.8 Å². The molecule has 1 aliphatic heterocycles. The summed E-state index contributed by atoms with van der Waals surface area (Å²) in [6.07, 6.45) is 3.59. The number of aromatic nitrogens is 5. The van der Waals surface area contributed by atoms with Gasteiger partial charge in [0.25, 0.3) is 5.91 Å². The topological polar surface area (TPSA) is 82.0 Å². The molecule has 0 unspecified atom stereocenters. The zero-order valence-electron chi connectivity index (χ0n) is 15.2. The fraction of sp³-hybridized carbons (Fsp3) is 0.444. The minimum Gasteiger partial charge on any atom is -0.348 e. The van der Waals surface area contributed by atoms with Gasteiger partial charge in [-0.2, -0.15) is 10.1 Å². The predicted molar refractivity (Wildman–Crippen MR) is 94.5 cm³/mol. The summed E-state index contributed by atoms with van der Waals surface area (Å²) in [5, 5.41) is 8.37. The van der Waals surface area contributed by atoms with Gasteiger partial charge in [-0.3, -0.25) is 9.48 Å². The minimum atomic E-state index is 0.0292. The lowest BCUT2D eigenvalue weighted by molar-refractivity contribution is 0.0693. The SMILES string of the molecule is Cc1cc(C(=O)N2CCC(c3nc(-c4cccn4C)no3)CC2)n(C)n1. The van der Waals surface area contributed by atoms with Crippen molar-refractivity contribution < 1.29 is 9.32 Å². The average Bonchev–Trinajstić information content (AvgIpc) is 3.34. The number of hydrogen-bond acceptors (Lipinski definition) is 5. The highest BCUT2D eigenvalue weighted by atomic mass is 16.5.